The molecule has 0 aromatic rings. The van der Waals surface area contributed by atoms with Gasteiger partial charge in [-0.1, -0.05) is 64.7 Å². The minimum atomic E-state index is -0.773. The van der Waals surface area contributed by atoms with Gasteiger partial charge in [0, 0.05) is 6.42 Å². The first kappa shape index (κ1) is 24.9. The smallest absolute Gasteiger partial charge is 0.359 e. The summed E-state index contributed by atoms with van der Waals surface area (Å²) in [5, 5.41) is 12.0. The van der Waals surface area contributed by atoms with Crippen molar-refractivity contribution < 1.29 is 19.2 Å². The molecule has 5 heteroatoms. The molecule has 0 saturated carbocycles. The van der Waals surface area contributed by atoms with Crippen LogP contribution in [-0.4, -0.2) is 54.2 Å². The molecule has 5 nitrogen and oxygen atoms in total. The number of carboxylic acids is 1. The summed E-state index contributed by atoms with van der Waals surface area (Å²) >= 11 is 0. The molecule has 0 spiro atoms. The molecule has 0 unspecified atom stereocenters. The van der Waals surface area contributed by atoms with E-state index in [-0.39, 0.29) is 12.5 Å². The average Bonchev–Trinajstić information content (AvgIpc) is 2.62. The number of quaternary nitrogens is 1. The van der Waals surface area contributed by atoms with Gasteiger partial charge in [-0.3, -0.25) is 4.79 Å². The predicted molar refractivity (Wildman–Crippen MR) is 108 cm³/mol. The zero-order valence-corrected chi connectivity index (χ0v) is 17.5. The molecule has 0 aliphatic rings. The summed E-state index contributed by atoms with van der Waals surface area (Å²) in [6.45, 7) is 9.19. The Labute approximate surface area is 161 Å². The lowest BCUT2D eigenvalue weighted by Gasteiger charge is -2.35. The monoisotopic (exact) mass is 371 g/mol. The van der Waals surface area contributed by atoms with Gasteiger partial charge in [0.1, 0.15) is 0 Å². The van der Waals surface area contributed by atoms with Gasteiger partial charge in [0.25, 0.3) is 0 Å². The molecule has 0 atom stereocenters. The highest BCUT2D eigenvalue weighted by atomic mass is 16.4. The molecule has 0 aliphatic heterocycles. The highest BCUT2D eigenvalue weighted by Gasteiger charge is 2.26. The summed E-state index contributed by atoms with van der Waals surface area (Å²) in [6.07, 6.45) is 13.3. The largest absolute Gasteiger partial charge is 0.477 e. The number of hydrogen-bond acceptors (Lipinski definition) is 2. The normalized spacial score (nSPS) is 11.5. The summed E-state index contributed by atoms with van der Waals surface area (Å²) in [4.78, 5) is 23.0. The second-order valence-corrected chi connectivity index (χ2v) is 7.53. The SMILES string of the molecule is CCCCCCCCCCCCC(=O)NCC[N+](CC)(CC)CC(=O)O. The van der Waals surface area contributed by atoms with E-state index < -0.39 is 5.97 Å². The summed E-state index contributed by atoms with van der Waals surface area (Å²) in [5.74, 6) is -0.671. The maximum Gasteiger partial charge on any atom is 0.359 e. The fourth-order valence-corrected chi connectivity index (χ4v) is 3.42. The highest BCUT2D eigenvalue weighted by molar-refractivity contribution is 5.75. The third-order valence-corrected chi connectivity index (χ3v) is 5.48. The van der Waals surface area contributed by atoms with Crippen LogP contribution >= 0.6 is 0 Å². The van der Waals surface area contributed by atoms with E-state index in [1.807, 2.05) is 13.8 Å². The number of amides is 1. The highest BCUT2D eigenvalue weighted by Crippen LogP contribution is 2.11. The summed E-state index contributed by atoms with van der Waals surface area (Å²) < 4.78 is 0.522. The minimum absolute atomic E-state index is 0.102. The summed E-state index contributed by atoms with van der Waals surface area (Å²) in [5.41, 5.74) is 0. The number of nitrogens with one attached hydrogen (secondary N) is 1. The Balaban J connectivity index is 3.66. The molecule has 0 aliphatic carbocycles. The first-order chi connectivity index (χ1) is 12.5. The van der Waals surface area contributed by atoms with Crippen molar-refractivity contribution in [1.29, 1.82) is 0 Å². The molecular formula is C21H43N2O3+. The van der Waals surface area contributed by atoms with Crippen LogP contribution in [0.3, 0.4) is 0 Å². The quantitative estimate of drug-likeness (QED) is 0.278. The van der Waals surface area contributed by atoms with Crippen molar-refractivity contribution in [3.05, 3.63) is 0 Å². The number of carbonyl (C=O) groups excluding carboxylic acids is 1. The molecule has 154 valence electrons. The molecule has 0 saturated heterocycles. The van der Waals surface area contributed by atoms with Crippen LogP contribution in [-0.2, 0) is 9.59 Å². The van der Waals surface area contributed by atoms with Crippen molar-refractivity contribution >= 4 is 11.9 Å². The molecule has 0 aromatic carbocycles. The zero-order valence-electron chi connectivity index (χ0n) is 17.5. The van der Waals surface area contributed by atoms with Crippen LogP contribution in [0.4, 0.5) is 0 Å². The third-order valence-electron chi connectivity index (χ3n) is 5.48. The van der Waals surface area contributed by atoms with Gasteiger partial charge in [-0.05, 0) is 20.3 Å². The van der Waals surface area contributed by atoms with E-state index in [1.54, 1.807) is 0 Å². The van der Waals surface area contributed by atoms with E-state index in [0.717, 1.165) is 25.9 Å². The first-order valence-electron chi connectivity index (χ1n) is 10.8. The van der Waals surface area contributed by atoms with Crippen molar-refractivity contribution in [1.82, 2.24) is 5.32 Å². The number of aliphatic carboxylic acids is 1. The third kappa shape index (κ3) is 13.2. The Morgan fingerprint density at radius 1 is 0.808 bits per heavy atom. The van der Waals surface area contributed by atoms with Gasteiger partial charge >= 0.3 is 5.97 Å². The molecule has 0 fully saturated rings. The standard InChI is InChI=1S/C21H42N2O3/c1-4-7-8-9-10-11-12-13-14-15-16-20(24)22-17-18-23(5-2,6-3)19-21(25)26/h4-19H2,1-3H3,(H-,22,24,25,26)/p+1. The molecule has 0 aromatic heterocycles. The topological polar surface area (TPSA) is 66.4 Å². The summed E-state index contributed by atoms with van der Waals surface area (Å²) in [6, 6.07) is 0. The van der Waals surface area contributed by atoms with Gasteiger partial charge < -0.3 is 14.9 Å². The van der Waals surface area contributed by atoms with E-state index in [1.165, 1.54) is 51.4 Å². The van der Waals surface area contributed by atoms with Gasteiger partial charge in [0.05, 0.1) is 26.2 Å². The van der Waals surface area contributed by atoms with Crippen LogP contribution in [0.1, 0.15) is 91.4 Å². The molecule has 26 heavy (non-hydrogen) atoms. The van der Waals surface area contributed by atoms with E-state index in [0.29, 0.717) is 24.0 Å². The van der Waals surface area contributed by atoms with Gasteiger partial charge in [-0.25, -0.2) is 4.79 Å². The minimum Gasteiger partial charge on any atom is -0.477 e. The van der Waals surface area contributed by atoms with Crippen LogP contribution < -0.4 is 5.32 Å². The molecule has 1 amide bonds. The van der Waals surface area contributed by atoms with Crippen molar-refractivity contribution in [2.75, 3.05) is 32.7 Å². The van der Waals surface area contributed by atoms with E-state index >= 15 is 0 Å². The number of carbonyl (C=O) groups is 2. The van der Waals surface area contributed by atoms with E-state index in [9.17, 15) is 9.59 Å². The van der Waals surface area contributed by atoms with Crippen LogP contribution in [0.2, 0.25) is 0 Å². The number of nitrogens with zero attached hydrogens (tertiary/aromatic N) is 1. The number of hydrogen-bond donors (Lipinski definition) is 2. The van der Waals surface area contributed by atoms with Crippen molar-refractivity contribution in [3.63, 3.8) is 0 Å². The van der Waals surface area contributed by atoms with Crippen molar-refractivity contribution in [3.8, 4) is 0 Å². The fraction of sp³-hybridized carbons (Fsp3) is 0.905. The van der Waals surface area contributed by atoms with Crippen LogP contribution in [0.25, 0.3) is 0 Å². The maximum atomic E-state index is 11.9. The van der Waals surface area contributed by atoms with E-state index in [2.05, 4.69) is 12.2 Å². The number of likely N-dealkylation sites (N-methyl/N-ethyl adjacent to an activating group) is 1. The number of unbranched alkanes of at least 4 members (excludes halogenated alkanes) is 9. The van der Waals surface area contributed by atoms with Gasteiger partial charge in [-0.15, -0.1) is 0 Å². The lowest BCUT2D eigenvalue weighted by Crippen LogP contribution is -2.54. The molecular weight excluding hydrogens is 328 g/mol. The number of rotatable bonds is 18. The van der Waals surface area contributed by atoms with Gasteiger partial charge in [0.2, 0.25) is 5.91 Å². The fourth-order valence-electron chi connectivity index (χ4n) is 3.42. The molecule has 0 heterocycles. The Morgan fingerprint density at radius 2 is 1.31 bits per heavy atom. The van der Waals surface area contributed by atoms with Crippen molar-refractivity contribution in [2.24, 2.45) is 0 Å². The first-order valence-corrected chi connectivity index (χ1v) is 10.8. The lowest BCUT2D eigenvalue weighted by atomic mass is 10.1. The number of carboxylic acid groups (broad SMARTS) is 1. The predicted octanol–water partition coefficient (Wildman–Crippen LogP) is 4.35. The van der Waals surface area contributed by atoms with Crippen LogP contribution in [0.15, 0.2) is 0 Å². The Bertz CT molecular complexity index is 368. The van der Waals surface area contributed by atoms with E-state index in [4.69, 9.17) is 5.11 Å². The molecule has 0 bridgehead atoms. The Morgan fingerprint density at radius 3 is 1.77 bits per heavy atom. The average molecular weight is 372 g/mol. The second kappa shape index (κ2) is 16.1. The molecule has 2 N–H and O–H groups in total. The Kier molecular flexibility index (Phi) is 15.4. The second-order valence-electron chi connectivity index (χ2n) is 7.53. The van der Waals surface area contributed by atoms with Crippen LogP contribution in [0.5, 0.6) is 0 Å². The Hall–Kier alpha value is -1.10. The van der Waals surface area contributed by atoms with Gasteiger partial charge in [0.15, 0.2) is 6.54 Å². The van der Waals surface area contributed by atoms with Crippen molar-refractivity contribution in [2.45, 2.75) is 91.4 Å². The maximum absolute atomic E-state index is 11.9. The van der Waals surface area contributed by atoms with Crippen LogP contribution in [0, 0.1) is 0 Å². The molecule has 0 rings (SSSR count). The zero-order chi connectivity index (χ0) is 19.7. The summed E-state index contributed by atoms with van der Waals surface area (Å²) in [7, 11) is 0. The van der Waals surface area contributed by atoms with Gasteiger partial charge in [-0.2, -0.15) is 0 Å². The lowest BCUT2D eigenvalue weighted by molar-refractivity contribution is -0.916. The molecule has 0 radical (unpaired) electrons.